The predicted octanol–water partition coefficient (Wildman–Crippen LogP) is 1.53. The van der Waals surface area contributed by atoms with Gasteiger partial charge >= 0.3 is 0 Å². The Bertz CT molecular complexity index is 376. The third-order valence-corrected chi connectivity index (χ3v) is 2.09. The van der Waals surface area contributed by atoms with E-state index >= 15 is 0 Å². The van der Waals surface area contributed by atoms with Gasteiger partial charge in [-0.25, -0.2) is 0 Å². The van der Waals surface area contributed by atoms with E-state index in [-0.39, 0.29) is 12.2 Å². The number of hydrogen-bond acceptors (Lipinski definition) is 2. The minimum Gasteiger partial charge on any atom is -0.320 e. The van der Waals surface area contributed by atoms with Gasteiger partial charge in [0.25, 0.3) is 0 Å². The number of ketones is 1. The van der Waals surface area contributed by atoms with Crippen molar-refractivity contribution in [2.24, 2.45) is 5.73 Å². The number of Topliss-reactive ketones (excluding diaryl/α,β-unsaturated/α-hetero) is 1. The fourth-order valence-corrected chi connectivity index (χ4v) is 1.27. The number of terminal acetylenes is 1. The van der Waals surface area contributed by atoms with Crippen molar-refractivity contribution in [1.29, 1.82) is 0 Å². The Hall–Kier alpha value is -1.59. The molecular weight excluding hydrogens is 174 g/mol. The number of carbonyl (C=O) groups is 1. The SMILES string of the molecule is C#CCC(N)C(=O)c1ccccc1C. The Morgan fingerprint density at radius 3 is 2.79 bits per heavy atom. The van der Waals surface area contributed by atoms with E-state index in [4.69, 9.17) is 12.2 Å². The van der Waals surface area contributed by atoms with Crippen LogP contribution in [-0.2, 0) is 0 Å². The van der Waals surface area contributed by atoms with E-state index in [1.807, 2.05) is 25.1 Å². The molecule has 1 aromatic carbocycles. The van der Waals surface area contributed by atoms with Crippen LogP contribution >= 0.6 is 0 Å². The van der Waals surface area contributed by atoms with Crippen molar-refractivity contribution in [1.82, 2.24) is 0 Å². The zero-order chi connectivity index (χ0) is 10.6. The first kappa shape index (κ1) is 10.5. The van der Waals surface area contributed by atoms with E-state index < -0.39 is 6.04 Å². The topological polar surface area (TPSA) is 43.1 Å². The van der Waals surface area contributed by atoms with Crippen molar-refractivity contribution in [3.8, 4) is 12.3 Å². The highest BCUT2D eigenvalue weighted by Crippen LogP contribution is 2.10. The Morgan fingerprint density at radius 2 is 2.21 bits per heavy atom. The molecule has 0 heterocycles. The highest BCUT2D eigenvalue weighted by atomic mass is 16.1. The standard InChI is InChI=1S/C12H13NO/c1-3-6-11(13)12(14)10-8-5-4-7-9(10)2/h1,4-5,7-8,11H,6,13H2,2H3. The average molecular weight is 187 g/mol. The summed E-state index contributed by atoms with van der Waals surface area (Å²) in [7, 11) is 0. The monoisotopic (exact) mass is 187 g/mol. The summed E-state index contributed by atoms with van der Waals surface area (Å²) in [5.74, 6) is 2.31. The lowest BCUT2D eigenvalue weighted by Gasteiger charge is -2.08. The maximum Gasteiger partial charge on any atom is 0.180 e. The molecule has 0 saturated carbocycles. The van der Waals surface area contributed by atoms with Gasteiger partial charge in [-0.05, 0) is 12.5 Å². The lowest BCUT2D eigenvalue weighted by molar-refractivity contribution is 0.0962. The summed E-state index contributed by atoms with van der Waals surface area (Å²) < 4.78 is 0. The second kappa shape index (κ2) is 4.59. The summed E-state index contributed by atoms with van der Waals surface area (Å²) >= 11 is 0. The van der Waals surface area contributed by atoms with Gasteiger partial charge in [0.15, 0.2) is 5.78 Å². The minimum absolute atomic E-state index is 0.0824. The fraction of sp³-hybridized carbons (Fsp3) is 0.250. The smallest absolute Gasteiger partial charge is 0.180 e. The van der Waals surface area contributed by atoms with E-state index in [1.54, 1.807) is 6.07 Å². The molecule has 0 bridgehead atoms. The predicted molar refractivity (Wildman–Crippen MR) is 56.9 cm³/mol. The van der Waals surface area contributed by atoms with Gasteiger partial charge in [0.2, 0.25) is 0 Å². The van der Waals surface area contributed by atoms with Gasteiger partial charge in [0, 0.05) is 12.0 Å². The summed E-state index contributed by atoms with van der Waals surface area (Å²) in [6.45, 7) is 1.88. The largest absolute Gasteiger partial charge is 0.320 e. The molecule has 2 nitrogen and oxygen atoms in total. The van der Waals surface area contributed by atoms with E-state index in [1.165, 1.54) is 0 Å². The van der Waals surface area contributed by atoms with Gasteiger partial charge in [-0.3, -0.25) is 4.79 Å². The average Bonchev–Trinajstić information content (AvgIpc) is 2.18. The molecule has 0 amide bonds. The summed E-state index contributed by atoms with van der Waals surface area (Å²) in [6.07, 6.45) is 5.39. The molecule has 14 heavy (non-hydrogen) atoms. The van der Waals surface area contributed by atoms with Crippen LogP contribution in [0.15, 0.2) is 24.3 Å². The molecule has 0 saturated heterocycles. The van der Waals surface area contributed by atoms with Crippen molar-refractivity contribution in [2.75, 3.05) is 0 Å². The third kappa shape index (κ3) is 2.21. The molecule has 2 N–H and O–H groups in total. The van der Waals surface area contributed by atoms with Gasteiger partial charge in [-0.2, -0.15) is 0 Å². The Kier molecular flexibility index (Phi) is 3.44. The summed E-state index contributed by atoms with van der Waals surface area (Å²) in [5, 5.41) is 0. The molecule has 1 unspecified atom stereocenters. The van der Waals surface area contributed by atoms with E-state index in [0.717, 1.165) is 5.56 Å². The molecule has 1 aromatic rings. The molecule has 0 fully saturated rings. The van der Waals surface area contributed by atoms with Crippen LogP contribution in [0.4, 0.5) is 0 Å². The first-order valence-corrected chi connectivity index (χ1v) is 4.45. The van der Waals surface area contributed by atoms with Crippen LogP contribution in [0, 0.1) is 19.3 Å². The molecule has 0 aromatic heterocycles. The van der Waals surface area contributed by atoms with E-state index in [9.17, 15) is 4.79 Å². The molecule has 0 spiro atoms. The first-order valence-electron chi connectivity index (χ1n) is 4.45. The van der Waals surface area contributed by atoms with Crippen LogP contribution in [0.1, 0.15) is 22.3 Å². The van der Waals surface area contributed by atoms with E-state index in [0.29, 0.717) is 5.56 Å². The Morgan fingerprint density at radius 1 is 1.57 bits per heavy atom. The number of rotatable bonds is 3. The molecule has 2 heteroatoms. The molecule has 0 aliphatic rings. The van der Waals surface area contributed by atoms with Gasteiger partial charge in [-0.1, -0.05) is 24.3 Å². The van der Waals surface area contributed by atoms with Crippen molar-refractivity contribution in [3.63, 3.8) is 0 Å². The Balaban J connectivity index is 2.91. The highest BCUT2D eigenvalue weighted by molar-refractivity contribution is 6.01. The Labute approximate surface area is 84.1 Å². The van der Waals surface area contributed by atoms with Crippen LogP contribution in [0.3, 0.4) is 0 Å². The molecule has 72 valence electrons. The van der Waals surface area contributed by atoms with Gasteiger partial charge < -0.3 is 5.73 Å². The van der Waals surface area contributed by atoms with Crippen molar-refractivity contribution in [3.05, 3.63) is 35.4 Å². The number of nitrogens with two attached hydrogens (primary N) is 1. The molecule has 1 rings (SSSR count). The fourth-order valence-electron chi connectivity index (χ4n) is 1.27. The van der Waals surface area contributed by atoms with Crippen molar-refractivity contribution >= 4 is 5.78 Å². The zero-order valence-corrected chi connectivity index (χ0v) is 8.16. The number of benzene rings is 1. The number of aryl methyl sites for hydroxylation is 1. The van der Waals surface area contributed by atoms with Crippen LogP contribution in [0.2, 0.25) is 0 Å². The molecular formula is C12H13NO. The van der Waals surface area contributed by atoms with Gasteiger partial charge in [0.05, 0.1) is 6.04 Å². The second-order valence-electron chi connectivity index (χ2n) is 3.19. The van der Waals surface area contributed by atoms with Gasteiger partial charge in [0.1, 0.15) is 0 Å². The van der Waals surface area contributed by atoms with Crippen LogP contribution in [0.5, 0.6) is 0 Å². The maximum atomic E-state index is 11.7. The zero-order valence-electron chi connectivity index (χ0n) is 8.16. The van der Waals surface area contributed by atoms with Gasteiger partial charge in [-0.15, -0.1) is 12.3 Å². The lowest BCUT2D eigenvalue weighted by Crippen LogP contribution is -2.30. The maximum absolute atomic E-state index is 11.7. The number of carbonyl (C=O) groups excluding carboxylic acids is 1. The summed E-state index contributed by atoms with van der Waals surface area (Å²) in [6, 6.07) is 6.78. The van der Waals surface area contributed by atoms with E-state index in [2.05, 4.69) is 5.92 Å². The highest BCUT2D eigenvalue weighted by Gasteiger charge is 2.15. The summed E-state index contributed by atoms with van der Waals surface area (Å²) in [4.78, 5) is 11.7. The number of hydrogen-bond donors (Lipinski definition) is 1. The van der Waals surface area contributed by atoms with Crippen LogP contribution in [0.25, 0.3) is 0 Å². The second-order valence-corrected chi connectivity index (χ2v) is 3.19. The quantitative estimate of drug-likeness (QED) is 0.576. The molecule has 1 atom stereocenters. The van der Waals surface area contributed by atoms with Crippen molar-refractivity contribution in [2.45, 2.75) is 19.4 Å². The molecule has 0 radical (unpaired) electrons. The molecule has 0 aliphatic carbocycles. The first-order chi connectivity index (χ1) is 6.66. The van der Waals surface area contributed by atoms with Crippen molar-refractivity contribution < 1.29 is 4.79 Å². The van der Waals surface area contributed by atoms with Crippen LogP contribution in [-0.4, -0.2) is 11.8 Å². The minimum atomic E-state index is -0.582. The third-order valence-electron chi connectivity index (χ3n) is 2.09. The van der Waals surface area contributed by atoms with Crippen LogP contribution < -0.4 is 5.73 Å². The normalized spacial score (nSPS) is 11.8. The lowest BCUT2D eigenvalue weighted by atomic mass is 9.99. The summed E-state index contributed by atoms with van der Waals surface area (Å²) in [5.41, 5.74) is 7.23. The molecule has 0 aliphatic heterocycles.